The van der Waals surface area contributed by atoms with Crippen LogP contribution in [0, 0.1) is 11.3 Å². The number of imide groups is 1. The Morgan fingerprint density at radius 2 is 2.10 bits per heavy atom. The van der Waals surface area contributed by atoms with E-state index in [4.69, 9.17) is 0 Å². The summed E-state index contributed by atoms with van der Waals surface area (Å²) in [6, 6.07) is 1.66. The zero-order chi connectivity index (χ0) is 21.8. The largest absolute Gasteiger partial charge is 0.354 e. The zero-order valence-electron chi connectivity index (χ0n) is 18.2. The SMILES string of the molecule is CCC(C)(C)C1CCC2(CC1)NC(=O)N(CC(=O)NCCSCc1ccsc1)C2=O. The van der Waals surface area contributed by atoms with Crippen molar-refractivity contribution in [1.82, 2.24) is 15.5 Å². The maximum absolute atomic E-state index is 13.0. The molecule has 1 saturated heterocycles. The molecule has 0 radical (unpaired) electrons. The van der Waals surface area contributed by atoms with E-state index in [1.54, 1.807) is 23.1 Å². The molecular formula is C22H33N3O3S2. The lowest BCUT2D eigenvalue weighted by molar-refractivity contribution is -0.136. The smallest absolute Gasteiger partial charge is 0.325 e. The molecule has 1 spiro atoms. The summed E-state index contributed by atoms with van der Waals surface area (Å²) in [5.74, 6) is 1.75. The Hall–Kier alpha value is -1.54. The number of hydrogen-bond donors (Lipinski definition) is 2. The Balaban J connectivity index is 1.44. The van der Waals surface area contributed by atoms with Crippen LogP contribution in [0.1, 0.15) is 58.4 Å². The average molecular weight is 452 g/mol. The van der Waals surface area contributed by atoms with E-state index >= 15 is 0 Å². The molecular weight excluding hydrogens is 418 g/mol. The van der Waals surface area contributed by atoms with Crippen LogP contribution in [0.5, 0.6) is 0 Å². The second-order valence-electron chi connectivity index (χ2n) is 9.05. The number of hydrogen-bond acceptors (Lipinski definition) is 5. The Morgan fingerprint density at radius 3 is 2.73 bits per heavy atom. The van der Waals surface area contributed by atoms with Crippen LogP contribution in [-0.2, 0) is 15.3 Å². The lowest BCUT2D eigenvalue weighted by atomic mass is 9.65. The van der Waals surface area contributed by atoms with Gasteiger partial charge >= 0.3 is 6.03 Å². The summed E-state index contributed by atoms with van der Waals surface area (Å²) in [6.45, 7) is 7.08. The molecule has 166 valence electrons. The highest BCUT2D eigenvalue weighted by Crippen LogP contribution is 2.45. The van der Waals surface area contributed by atoms with Crippen molar-refractivity contribution in [3.8, 4) is 0 Å². The monoisotopic (exact) mass is 451 g/mol. The molecule has 1 aliphatic heterocycles. The fourth-order valence-electron chi connectivity index (χ4n) is 4.37. The van der Waals surface area contributed by atoms with E-state index in [1.165, 1.54) is 5.56 Å². The van der Waals surface area contributed by atoms with Gasteiger partial charge in [-0.1, -0.05) is 27.2 Å². The third kappa shape index (κ3) is 5.19. The van der Waals surface area contributed by atoms with Crippen molar-refractivity contribution >= 4 is 40.9 Å². The second kappa shape index (κ2) is 9.73. The zero-order valence-corrected chi connectivity index (χ0v) is 19.8. The molecule has 3 rings (SSSR count). The minimum absolute atomic E-state index is 0.203. The molecule has 2 N–H and O–H groups in total. The third-order valence-electron chi connectivity index (χ3n) is 6.82. The standard InChI is InChI=1S/C22H33N3O3S2/c1-4-21(2,3)17-5-8-22(9-6-17)19(27)25(20(28)24-22)13-18(26)23-10-12-30-15-16-7-11-29-14-16/h7,11,14,17H,4-6,8-10,12-13,15H2,1-3H3,(H,23,26)(H,24,28). The summed E-state index contributed by atoms with van der Waals surface area (Å²) >= 11 is 3.43. The topological polar surface area (TPSA) is 78.5 Å². The van der Waals surface area contributed by atoms with Crippen LogP contribution in [0.25, 0.3) is 0 Å². The van der Waals surface area contributed by atoms with E-state index in [0.717, 1.165) is 35.7 Å². The fourth-order valence-corrected chi connectivity index (χ4v) is 5.95. The second-order valence-corrected chi connectivity index (χ2v) is 10.9. The first kappa shape index (κ1) is 23.1. The molecule has 0 bridgehead atoms. The van der Waals surface area contributed by atoms with Gasteiger partial charge in [-0.2, -0.15) is 23.1 Å². The Kier molecular flexibility index (Phi) is 7.50. The highest BCUT2D eigenvalue weighted by molar-refractivity contribution is 7.98. The van der Waals surface area contributed by atoms with E-state index in [2.05, 4.69) is 48.2 Å². The van der Waals surface area contributed by atoms with Crippen LogP contribution >= 0.6 is 23.1 Å². The normalized spacial score (nSPS) is 24.4. The maximum Gasteiger partial charge on any atom is 0.325 e. The van der Waals surface area contributed by atoms with Crippen LogP contribution in [0.4, 0.5) is 4.79 Å². The van der Waals surface area contributed by atoms with E-state index in [-0.39, 0.29) is 23.8 Å². The van der Waals surface area contributed by atoms with Gasteiger partial charge in [0.1, 0.15) is 12.1 Å². The molecule has 0 unspecified atom stereocenters. The van der Waals surface area contributed by atoms with Crippen LogP contribution in [0.15, 0.2) is 16.8 Å². The van der Waals surface area contributed by atoms with Crippen molar-refractivity contribution in [2.24, 2.45) is 11.3 Å². The fraction of sp³-hybridized carbons (Fsp3) is 0.682. The van der Waals surface area contributed by atoms with Crippen molar-refractivity contribution in [3.63, 3.8) is 0 Å². The van der Waals surface area contributed by atoms with Crippen molar-refractivity contribution < 1.29 is 14.4 Å². The molecule has 2 aliphatic rings. The predicted molar refractivity (Wildman–Crippen MR) is 122 cm³/mol. The number of thiophene rings is 1. The number of nitrogens with one attached hydrogen (secondary N) is 2. The van der Waals surface area contributed by atoms with Crippen molar-refractivity contribution in [2.75, 3.05) is 18.8 Å². The summed E-state index contributed by atoms with van der Waals surface area (Å²) in [7, 11) is 0. The molecule has 0 aromatic carbocycles. The molecule has 6 nitrogen and oxygen atoms in total. The minimum Gasteiger partial charge on any atom is -0.354 e. The van der Waals surface area contributed by atoms with Gasteiger partial charge in [0.05, 0.1) is 0 Å². The first-order chi connectivity index (χ1) is 14.3. The molecule has 1 aliphatic carbocycles. The van der Waals surface area contributed by atoms with E-state index in [1.807, 2.05) is 0 Å². The summed E-state index contributed by atoms with van der Waals surface area (Å²) in [4.78, 5) is 38.8. The highest BCUT2D eigenvalue weighted by Gasteiger charge is 2.53. The number of thioether (sulfide) groups is 1. The van der Waals surface area contributed by atoms with Gasteiger partial charge in [-0.15, -0.1) is 0 Å². The van der Waals surface area contributed by atoms with Crippen LogP contribution < -0.4 is 10.6 Å². The molecule has 1 saturated carbocycles. The molecule has 4 amide bonds. The maximum atomic E-state index is 13.0. The van der Waals surface area contributed by atoms with Gasteiger partial charge in [0.2, 0.25) is 5.91 Å². The van der Waals surface area contributed by atoms with E-state index in [0.29, 0.717) is 25.3 Å². The number of amides is 4. The Labute approximate surface area is 187 Å². The van der Waals surface area contributed by atoms with Crippen molar-refractivity contribution in [1.29, 1.82) is 0 Å². The molecule has 30 heavy (non-hydrogen) atoms. The van der Waals surface area contributed by atoms with Gasteiger partial charge in [0, 0.05) is 18.1 Å². The summed E-state index contributed by atoms with van der Waals surface area (Å²) in [5.41, 5.74) is 0.723. The van der Waals surface area contributed by atoms with Crippen LogP contribution in [0.2, 0.25) is 0 Å². The van der Waals surface area contributed by atoms with Crippen molar-refractivity contribution in [3.05, 3.63) is 22.4 Å². The first-order valence-electron chi connectivity index (χ1n) is 10.8. The van der Waals surface area contributed by atoms with Gasteiger partial charge in [-0.25, -0.2) is 4.79 Å². The number of nitrogens with zero attached hydrogens (tertiary/aromatic N) is 1. The third-order valence-corrected chi connectivity index (χ3v) is 8.58. The molecule has 2 heterocycles. The minimum atomic E-state index is -0.811. The summed E-state index contributed by atoms with van der Waals surface area (Å²) in [5, 5.41) is 9.91. The average Bonchev–Trinajstić information content (AvgIpc) is 3.31. The predicted octanol–water partition coefficient (Wildman–Crippen LogP) is 4.01. The van der Waals surface area contributed by atoms with Crippen molar-refractivity contribution in [2.45, 2.75) is 64.2 Å². The van der Waals surface area contributed by atoms with Gasteiger partial charge in [0.15, 0.2) is 0 Å². The van der Waals surface area contributed by atoms with Gasteiger partial charge in [-0.05, 0) is 59.4 Å². The lowest BCUT2D eigenvalue weighted by Crippen LogP contribution is -2.51. The van der Waals surface area contributed by atoms with Crippen LogP contribution in [0.3, 0.4) is 0 Å². The highest BCUT2D eigenvalue weighted by atomic mass is 32.2. The lowest BCUT2D eigenvalue weighted by Gasteiger charge is -2.42. The van der Waals surface area contributed by atoms with Gasteiger partial charge in [0.25, 0.3) is 5.91 Å². The molecule has 1 aromatic rings. The van der Waals surface area contributed by atoms with E-state index < -0.39 is 11.6 Å². The van der Waals surface area contributed by atoms with Gasteiger partial charge in [-0.3, -0.25) is 14.5 Å². The van der Waals surface area contributed by atoms with E-state index in [9.17, 15) is 14.4 Å². The van der Waals surface area contributed by atoms with Crippen LogP contribution in [-0.4, -0.2) is 47.1 Å². The Bertz CT molecular complexity index is 756. The molecule has 2 fully saturated rings. The number of carbonyl (C=O) groups excluding carboxylic acids is 3. The molecule has 0 atom stereocenters. The first-order valence-corrected chi connectivity index (χ1v) is 12.9. The number of urea groups is 1. The summed E-state index contributed by atoms with van der Waals surface area (Å²) in [6.07, 6.45) is 4.26. The molecule has 1 aromatic heterocycles. The quantitative estimate of drug-likeness (QED) is 0.439. The number of rotatable bonds is 9. The Morgan fingerprint density at radius 1 is 1.37 bits per heavy atom. The number of carbonyl (C=O) groups is 3. The van der Waals surface area contributed by atoms with Gasteiger partial charge < -0.3 is 10.6 Å². The summed E-state index contributed by atoms with van der Waals surface area (Å²) < 4.78 is 0. The molecule has 8 heteroatoms.